The highest BCUT2D eigenvalue weighted by Crippen LogP contribution is 2.61. The van der Waals surface area contributed by atoms with Crippen LogP contribution in [-0.2, 0) is 23.1 Å². The minimum Gasteiger partial charge on any atom is -0.273 e. The zero-order valence-electron chi connectivity index (χ0n) is 17.7. The van der Waals surface area contributed by atoms with Crippen LogP contribution in [0.1, 0.15) is 68.8 Å². The Morgan fingerprint density at radius 3 is 2.18 bits per heavy atom. The molecule has 0 aromatic carbocycles. The maximum atomic E-state index is 12.6. The van der Waals surface area contributed by atoms with Crippen molar-refractivity contribution in [1.29, 1.82) is 0 Å². The van der Waals surface area contributed by atoms with Gasteiger partial charge in [0.15, 0.2) is 0 Å². The summed E-state index contributed by atoms with van der Waals surface area (Å²) in [7, 11) is 1.92. The molecule has 5 rings (SSSR count). The van der Waals surface area contributed by atoms with Crippen LogP contribution in [0.4, 0.5) is 0 Å². The molecule has 0 aliphatic heterocycles. The van der Waals surface area contributed by atoms with Crippen LogP contribution in [0.2, 0.25) is 0 Å². The molecule has 2 amide bonds. The summed E-state index contributed by atoms with van der Waals surface area (Å²) in [6, 6.07) is 0. The van der Waals surface area contributed by atoms with E-state index in [1.54, 1.807) is 0 Å². The number of rotatable bonds is 5. The van der Waals surface area contributed by atoms with Gasteiger partial charge in [-0.3, -0.25) is 25.1 Å². The Balaban J connectivity index is 1.28. The molecule has 4 aliphatic rings. The Kier molecular flexibility index (Phi) is 5.00. The van der Waals surface area contributed by atoms with E-state index in [-0.39, 0.29) is 23.1 Å². The Hall–Kier alpha value is -1.85. The zero-order valence-corrected chi connectivity index (χ0v) is 17.7. The second kappa shape index (κ2) is 7.20. The van der Waals surface area contributed by atoms with Crippen LogP contribution in [0.25, 0.3) is 0 Å². The highest BCUT2D eigenvalue weighted by Gasteiger charge is 2.51. The molecule has 0 saturated heterocycles. The van der Waals surface area contributed by atoms with Crippen molar-refractivity contribution in [3.8, 4) is 0 Å². The van der Waals surface area contributed by atoms with Crippen molar-refractivity contribution < 1.29 is 9.59 Å². The minimum atomic E-state index is -0.221. The van der Waals surface area contributed by atoms with Gasteiger partial charge in [0.2, 0.25) is 11.8 Å². The van der Waals surface area contributed by atoms with E-state index >= 15 is 0 Å². The van der Waals surface area contributed by atoms with E-state index in [1.165, 1.54) is 38.5 Å². The summed E-state index contributed by atoms with van der Waals surface area (Å²) >= 11 is 0. The molecule has 28 heavy (non-hydrogen) atoms. The number of nitrogens with one attached hydrogen (secondary N) is 2. The summed E-state index contributed by atoms with van der Waals surface area (Å²) in [6.07, 6.45) is 8.93. The summed E-state index contributed by atoms with van der Waals surface area (Å²) in [6.45, 7) is 5.89. The third kappa shape index (κ3) is 3.70. The molecule has 1 aromatic rings. The summed E-state index contributed by atoms with van der Waals surface area (Å²) in [5, 5.41) is 4.42. The average Bonchev–Trinajstić information content (AvgIpc) is 2.84. The van der Waals surface area contributed by atoms with Crippen molar-refractivity contribution in [2.45, 2.75) is 72.1 Å². The lowest BCUT2D eigenvalue weighted by Crippen LogP contribution is -2.50. The summed E-state index contributed by atoms with van der Waals surface area (Å²) in [5.74, 6) is 2.11. The first-order valence-electron chi connectivity index (χ1n) is 10.8. The highest BCUT2D eigenvalue weighted by atomic mass is 16.2. The smallest absolute Gasteiger partial charge is 0.241 e. The first kappa shape index (κ1) is 19.5. The Morgan fingerprint density at radius 1 is 1.11 bits per heavy atom. The second-order valence-corrected chi connectivity index (χ2v) is 10.0. The third-order valence-corrected chi connectivity index (χ3v) is 7.64. The predicted molar refractivity (Wildman–Crippen MR) is 107 cm³/mol. The molecule has 4 aliphatic carbocycles. The Bertz CT molecular complexity index is 746. The maximum absolute atomic E-state index is 12.6. The van der Waals surface area contributed by atoms with Crippen LogP contribution in [0.3, 0.4) is 0 Å². The first-order valence-corrected chi connectivity index (χ1v) is 10.8. The minimum absolute atomic E-state index is 0.0313. The maximum Gasteiger partial charge on any atom is 0.241 e. The molecule has 154 valence electrons. The quantitative estimate of drug-likeness (QED) is 0.764. The molecule has 1 atom stereocenters. The van der Waals surface area contributed by atoms with Crippen LogP contribution in [0, 0.1) is 42.9 Å². The van der Waals surface area contributed by atoms with E-state index in [9.17, 15) is 9.59 Å². The van der Waals surface area contributed by atoms with Gasteiger partial charge in [0, 0.05) is 25.1 Å². The molecular weight excluding hydrogens is 352 g/mol. The molecule has 1 unspecified atom stereocenters. The van der Waals surface area contributed by atoms with Gasteiger partial charge in [-0.2, -0.15) is 5.10 Å². The van der Waals surface area contributed by atoms with Gasteiger partial charge >= 0.3 is 0 Å². The lowest BCUT2D eigenvalue weighted by Gasteiger charge is -2.56. The van der Waals surface area contributed by atoms with Gasteiger partial charge in [-0.25, -0.2) is 0 Å². The lowest BCUT2D eigenvalue weighted by molar-refractivity contribution is -0.135. The van der Waals surface area contributed by atoms with Crippen molar-refractivity contribution in [3.05, 3.63) is 17.0 Å². The number of carbonyl (C=O) groups is 2. The van der Waals surface area contributed by atoms with Crippen LogP contribution in [-0.4, -0.2) is 21.6 Å². The normalized spacial score (nSPS) is 31.6. The lowest BCUT2D eigenvalue weighted by atomic mass is 9.49. The highest BCUT2D eigenvalue weighted by molar-refractivity contribution is 5.83. The van der Waals surface area contributed by atoms with Gasteiger partial charge in [0.25, 0.3) is 0 Å². The fourth-order valence-electron chi connectivity index (χ4n) is 6.66. The van der Waals surface area contributed by atoms with E-state index in [0.29, 0.717) is 12.8 Å². The molecule has 4 saturated carbocycles. The van der Waals surface area contributed by atoms with Gasteiger partial charge in [-0.15, -0.1) is 0 Å². The van der Waals surface area contributed by atoms with Crippen LogP contribution in [0.5, 0.6) is 0 Å². The number of carbonyl (C=O) groups excluding carboxylic acids is 2. The summed E-state index contributed by atoms with van der Waals surface area (Å²) < 4.78 is 1.85. The number of aromatic nitrogens is 2. The molecule has 2 N–H and O–H groups in total. The van der Waals surface area contributed by atoms with Gasteiger partial charge in [-0.05, 0) is 87.5 Å². The third-order valence-electron chi connectivity index (χ3n) is 7.64. The number of hydrogen-bond acceptors (Lipinski definition) is 3. The van der Waals surface area contributed by atoms with Gasteiger partial charge in [0.1, 0.15) is 0 Å². The molecule has 4 bridgehead atoms. The van der Waals surface area contributed by atoms with Crippen molar-refractivity contribution in [2.75, 3.05) is 0 Å². The molecule has 4 fully saturated rings. The molecule has 1 heterocycles. The van der Waals surface area contributed by atoms with Crippen molar-refractivity contribution in [2.24, 2.45) is 36.1 Å². The Morgan fingerprint density at radius 2 is 1.68 bits per heavy atom. The predicted octanol–water partition coefficient (Wildman–Crippen LogP) is 2.97. The van der Waals surface area contributed by atoms with Crippen molar-refractivity contribution in [1.82, 2.24) is 20.6 Å². The summed E-state index contributed by atoms with van der Waals surface area (Å²) in [4.78, 5) is 25.1. The fourth-order valence-corrected chi connectivity index (χ4v) is 6.66. The number of hydrazine groups is 1. The van der Waals surface area contributed by atoms with E-state index in [4.69, 9.17) is 0 Å². The second-order valence-electron chi connectivity index (χ2n) is 10.0. The number of nitrogens with zero attached hydrogens (tertiary/aromatic N) is 2. The topological polar surface area (TPSA) is 76.0 Å². The van der Waals surface area contributed by atoms with Gasteiger partial charge in [-0.1, -0.05) is 6.92 Å². The fraction of sp³-hybridized carbons (Fsp3) is 0.773. The standard InChI is InChI=1S/C22H34N4O2/c1-13(5-19-14(2)25-26(4)15(19)3)21(28)24-23-20(27)12-22-9-16-6-17(10-22)8-18(7-16)11-22/h13,16-18H,5-12H2,1-4H3,(H,23,27)(H,24,28). The van der Waals surface area contributed by atoms with Gasteiger partial charge < -0.3 is 0 Å². The molecule has 1 aromatic heterocycles. The van der Waals surface area contributed by atoms with Crippen molar-refractivity contribution in [3.63, 3.8) is 0 Å². The van der Waals surface area contributed by atoms with Crippen LogP contribution in [0.15, 0.2) is 0 Å². The van der Waals surface area contributed by atoms with Crippen LogP contribution >= 0.6 is 0 Å². The molecule has 0 spiro atoms. The molecule has 6 heteroatoms. The van der Waals surface area contributed by atoms with Gasteiger partial charge in [0.05, 0.1) is 5.69 Å². The average molecular weight is 387 g/mol. The molecular formula is C22H34N4O2. The number of hydrogen-bond donors (Lipinski definition) is 2. The molecule has 0 radical (unpaired) electrons. The van der Waals surface area contributed by atoms with E-state index < -0.39 is 0 Å². The van der Waals surface area contributed by atoms with E-state index in [0.717, 1.165) is 34.7 Å². The Labute approximate surface area is 167 Å². The van der Waals surface area contributed by atoms with E-state index in [2.05, 4.69) is 16.0 Å². The van der Waals surface area contributed by atoms with Crippen molar-refractivity contribution >= 4 is 11.8 Å². The number of amides is 2. The SMILES string of the molecule is Cc1nn(C)c(C)c1CC(C)C(=O)NNC(=O)CC12CC3CC(CC(C3)C1)C2. The first-order chi connectivity index (χ1) is 13.2. The largest absolute Gasteiger partial charge is 0.273 e. The number of aryl methyl sites for hydroxylation is 2. The molecule has 6 nitrogen and oxygen atoms in total. The van der Waals surface area contributed by atoms with E-state index in [1.807, 2.05) is 32.5 Å². The summed E-state index contributed by atoms with van der Waals surface area (Å²) in [5.41, 5.74) is 8.72. The van der Waals surface area contributed by atoms with Crippen LogP contribution < -0.4 is 10.9 Å². The zero-order chi connectivity index (χ0) is 20.1. The monoisotopic (exact) mass is 386 g/mol.